The average molecular weight is 1050 g/mol. The zero-order valence-electron chi connectivity index (χ0n) is 43.8. The minimum absolute atomic E-state index is 0.00734. The van der Waals surface area contributed by atoms with Gasteiger partial charge in [-0.25, -0.2) is 14.4 Å². The molecule has 6 aliphatic rings. The number of hydrogen-bond acceptors (Lipinski definition) is 17. The highest BCUT2D eigenvalue weighted by atomic mass is 19.1. The lowest BCUT2D eigenvalue weighted by Gasteiger charge is -2.42. The van der Waals surface area contributed by atoms with Crippen LogP contribution in [-0.2, 0) is 15.4 Å². The SMILES string of the molecule is CC(C)[C@@H](C(=O)N1C[C@H](O)C[C@H]1C1=NO[C@@](C)(c2ccc(-c3ccccc3F)cc2)N1)c1cc(O[C@H]2CC[C@@H](N3CCC(c4cnc(N5C6CCC5CN(c5cc(-c7ccccc7O)nnc5N)C6)nc4)CC3)CC2)no1. The van der Waals surface area contributed by atoms with Crippen LogP contribution in [0.25, 0.3) is 22.4 Å². The first kappa shape index (κ1) is 50.4. The highest BCUT2D eigenvalue weighted by Gasteiger charge is 2.47. The Hall–Kier alpha value is -7.38. The van der Waals surface area contributed by atoms with Crippen molar-refractivity contribution in [2.75, 3.05) is 48.3 Å². The fourth-order valence-electron chi connectivity index (χ4n) is 12.9. The summed E-state index contributed by atoms with van der Waals surface area (Å²) in [6.07, 6.45) is 11.7. The number of aromatic nitrogens is 5. The number of aromatic hydroxyl groups is 1. The number of piperidine rings is 1. The first-order valence-corrected chi connectivity index (χ1v) is 27.4. The van der Waals surface area contributed by atoms with E-state index in [9.17, 15) is 19.4 Å². The number of β-amino-alcohol motifs (C(OH)–C–C–N with tert-alkyl or cyclic N) is 1. The summed E-state index contributed by atoms with van der Waals surface area (Å²) in [6.45, 7) is 9.54. The number of oxime groups is 1. The summed E-state index contributed by atoms with van der Waals surface area (Å²) in [5.74, 6) is 1.69. The second-order valence-electron chi connectivity index (χ2n) is 22.4. The number of nitrogen functional groups attached to an aromatic ring is 1. The minimum Gasteiger partial charge on any atom is -0.507 e. The van der Waals surface area contributed by atoms with Crippen LogP contribution in [0.5, 0.6) is 11.6 Å². The van der Waals surface area contributed by atoms with Crippen LogP contribution in [-0.4, -0.2) is 126 Å². The lowest BCUT2D eigenvalue weighted by Crippen LogP contribution is -2.54. The van der Waals surface area contributed by atoms with Crippen LogP contribution in [0.1, 0.15) is 107 Å². The molecule has 1 saturated carbocycles. The van der Waals surface area contributed by atoms with E-state index in [-0.39, 0.29) is 48.1 Å². The molecule has 2 unspecified atom stereocenters. The number of rotatable bonds is 13. The van der Waals surface area contributed by atoms with E-state index in [1.165, 1.54) is 11.6 Å². The van der Waals surface area contributed by atoms with E-state index in [4.69, 9.17) is 29.8 Å². The zero-order valence-corrected chi connectivity index (χ0v) is 43.8. The minimum atomic E-state index is -1.04. The maximum absolute atomic E-state index is 14.5. The maximum Gasteiger partial charge on any atom is 0.254 e. The van der Waals surface area contributed by atoms with E-state index < -0.39 is 23.8 Å². The number of likely N-dealkylation sites (tertiary alicyclic amines) is 2. The Balaban J connectivity index is 0.610. The van der Waals surface area contributed by atoms with Crippen molar-refractivity contribution < 1.29 is 33.5 Å². The third kappa shape index (κ3) is 9.99. The molecule has 5 fully saturated rings. The number of para-hydroxylation sites is 1. The molecule has 1 amide bonds. The molecule has 4 saturated heterocycles. The molecule has 5 aliphatic heterocycles. The van der Waals surface area contributed by atoms with Gasteiger partial charge in [-0.15, -0.1) is 10.2 Å². The summed E-state index contributed by atoms with van der Waals surface area (Å²) in [4.78, 5) is 39.5. The van der Waals surface area contributed by atoms with E-state index in [2.05, 4.69) is 52.9 Å². The van der Waals surface area contributed by atoms with Crippen LogP contribution in [0.3, 0.4) is 0 Å². The van der Waals surface area contributed by atoms with Crippen molar-refractivity contribution in [1.82, 2.24) is 40.4 Å². The number of amides is 1. The number of hydrogen-bond donors (Lipinski definition) is 4. The Morgan fingerprint density at radius 3 is 2.25 bits per heavy atom. The number of benzene rings is 3. The second-order valence-corrected chi connectivity index (χ2v) is 22.4. The number of aliphatic hydroxyl groups is 1. The van der Waals surface area contributed by atoms with Crippen LogP contribution in [0.15, 0.2) is 107 Å². The molecule has 19 heteroatoms. The van der Waals surface area contributed by atoms with Crippen molar-refractivity contribution in [2.45, 2.75) is 132 Å². The Morgan fingerprint density at radius 2 is 1.55 bits per heavy atom. The first-order chi connectivity index (χ1) is 37.4. The van der Waals surface area contributed by atoms with E-state index in [1.54, 1.807) is 41.3 Å². The molecular weight excluding hydrogens is 980 g/mol. The van der Waals surface area contributed by atoms with Crippen LogP contribution in [0, 0.1) is 11.7 Å². The Kier molecular flexibility index (Phi) is 13.7. The molecule has 6 atom stereocenters. The third-order valence-corrected chi connectivity index (χ3v) is 17.1. The number of carbonyl (C=O) groups is 1. The van der Waals surface area contributed by atoms with Crippen LogP contribution in [0.4, 0.5) is 21.8 Å². The summed E-state index contributed by atoms with van der Waals surface area (Å²) in [6, 6.07) is 25.3. The molecule has 1 aliphatic carbocycles. The molecule has 3 aromatic carbocycles. The highest BCUT2D eigenvalue weighted by molar-refractivity contribution is 5.94. The molecule has 8 heterocycles. The summed E-state index contributed by atoms with van der Waals surface area (Å²) in [5.41, 5.74) is 10.6. The molecule has 5 N–H and O–H groups in total. The number of anilines is 3. The predicted molar refractivity (Wildman–Crippen MR) is 288 cm³/mol. The summed E-state index contributed by atoms with van der Waals surface area (Å²) in [7, 11) is 0. The number of phenols is 1. The van der Waals surface area contributed by atoms with Crippen LogP contribution < -0.4 is 25.6 Å². The van der Waals surface area contributed by atoms with Crippen molar-refractivity contribution in [2.24, 2.45) is 11.1 Å². The number of phenolic OH excluding ortho intramolecular Hbond substituents is 1. The molecule has 0 spiro atoms. The van der Waals surface area contributed by atoms with Crippen LogP contribution >= 0.6 is 0 Å². The van der Waals surface area contributed by atoms with Gasteiger partial charge in [-0.05, 0) is 117 Å². The zero-order chi connectivity index (χ0) is 53.0. The Labute approximate surface area is 447 Å². The monoisotopic (exact) mass is 1050 g/mol. The number of nitrogens with zero attached hydrogens (tertiary/aromatic N) is 10. The number of aliphatic hydroxyl groups excluding tert-OH is 1. The quantitative estimate of drug-likeness (QED) is 0.0863. The van der Waals surface area contributed by atoms with Crippen molar-refractivity contribution in [1.29, 1.82) is 0 Å². The Bertz CT molecular complexity index is 3090. The molecule has 2 bridgehead atoms. The molecule has 0 radical (unpaired) electrons. The summed E-state index contributed by atoms with van der Waals surface area (Å²) >= 11 is 0. The lowest BCUT2D eigenvalue weighted by molar-refractivity contribution is -0.134. The van der Waals surface area contributed by atoms with Gasteiger partial charge < -0.3 is 55.0 Å². The molecule has 77 heavy (non-hydrogen) atoms. The van der Waals surface area contributed by atoms with Crippen molar-refractivity contribution in [3.63, 3.8) is 0 Å². The lowest BCUT2D eigenvalue weighted by atomic mass is 9.87. The number of piperazine rings is 1. The van der Waals surface area contributed by atoms with E-state index in [0.717, 1.165) is 100 Å². The third-order valence-electron chi connectivity index (χ3n) is 17.1. The maximum atomic E-state index is 14.5. The topological polar surface area (TPSA) is 217 Å². The van der Waals surface area contributed by atoms with Gasteiger partial charge in [-0.3, -0.25) is 4.79 Å². The van der Waals surface area contributed by atoms with Gasteiger partial charge in [0.2, 0.25) is 17.6 Å². The van der Waals surface area contributed by atoms with E-state index in [0.29, 0.717) is 58.5 Å². The second kappa shape index (κ2) is 20.9. The summed E-state index contributed by atoms with van der Waals surface area (Å²) in [5, 5.41) is 42.1. The van der Waals surface area contributed by atoms with E-state index >= 15 is 0 Å². The van der Waals surface area contributed by atoms with Gasteiger partial charge in [0, 0.05) is 86.3 Å². The number of nitrogens with one attached hydrogen (secondary N) is 1. The van der Waals surface area contributed by atoms with Crippen molar-refractivity contribution in [3.05, 3.63) is 120 Å². The number of carbonyl (C=O) groups excluding carboxylic acids is 1. The van der Waals surface area contributed by atoms with Gasteiger partial charge in [-0.1, -0.05) is 73.6 Å². The van der Waals surface area contributed by atoms with Gasteiger partial charge in [0.1, 0.15) is 23.6 Å². The van der Waals surface area contributed by atoms with Gasteiger partial charge in [0.05, 0.1) is 23.5 Å². The molecule has 402 valence electrons. The van der Waals surface area contributed by atoms with Crippen molar-refractivity contribution >= 4 is 29.2 Å². The van der Waals surface area contributed by atoms with Crippen LogP contribution in [0.2, 0.25) is 0 Å². The van der Waals surface area contributed by atoms with Gasteiger partial charge >= 0.3 is 0 Å². The van der Waals surface area contributed by atoms with Gasteiger partial charge in [0.25, 0.3) is 5.88 Å². The number of fused-ring (bicyclic) bond motifs is 2. The van der Waals surface area contributed by atoms with Gasteiger partial charge in [0.15, 0.2) is 17.4 Å². The molecule has 3 aromatic heterocycles. The Morgan fingerprint density at radius 1 is 0.857 bits per heavy atom. The number of amidine groups is 1. The first-order valence-electron chi connectivity index (χ1n) is 27.4. The normalized spacial score (nSPS) is 26.2. The highest BCUT2D eigenvalue weighted by Crippen LogP contribution is 2.41. The number of ether oxygens (including phenoxy) is 1. The number of nitrogens with two attached hydrogens (primary N) is 1. The smallest absolute Gasteiger partial charge is 0.254 e. The summed E-state index contributed by atoms with van der Waals surface area (Å²) < 4.78 is 26.8. The molecule has 18 nitrogen and oxygen atoms in total. The van der Waals surface area contributed by atoms with Gasteiger partial charge in [-0.2, -0.15) is 0 Å². The molecule has 12 rings (SSSR count). The standard InChI is InChI=1S/C58H67FN12O6/c1-34(2)53(56(74)70-33-42(72)26-49(70)55-63-58(3,77-67-55)38-14-12-36(13-15-38)44-8-4-6-10-46(44)59)51-28-52(66-76-51)75-43-20-18-39(19-21-43)68-24-22-35(23-25-68)37-29-61-57(62-30-37)71-40-16-17-41(71)32-69(31-40)48-27-47(64-65-54(48)60)45-9-5-7-11-50(45)73/h4-15,27-30,34-35,39-43,49,53,72-73H,16-26,31-33H2,1-3H3,(H2,60,65)(H,63,67)/t39-,40?,41?,42-,43+,49+,53-,58+/m1/s1. The average Bonchev–Trinajstić information content (AvgIpc) is 4.30. The fourth-order valence-corrected chi connectivity index (χ4v) is 12.9. The largest absolute Gasteiger partial charge is 0.507 e. The predicted octanol–water partition coefficient (Wildman–Crippen LogP) is 7.95. The molecule has 6 aromatic rings. The van der Waals surface area contributed by atoms with E-state index in [1.807, 2.05) is 63.2 Å². The number of halogens is 1. The van der Waals surface area contributed by atoms with Crippen molar-refractivity contribution in [3.8, 4) is 34.0 Å². The molecular formula is C58H67FN12O6. The fraction of sp³-hybridized carbons (Fsp3) is 0.466.